The summed E-state index contributed by atoms with van der Waals surface area (Å²) in [6.07, 6.45) is 0.487. The Hall–Kier alpha value is -2.00. The average molecular weight is 329 g/mol. The van der Waals surface area contributed by atoms with E-state index in [1.54, 1.807) is 0 Å². The van der Waals surface area contributed by atoms with E-state index in [0.29, 0.717) is 6.42 Å². The number of rotatable bonds is 3. The van der Waals surface area contributed by atoms with Crippen LogP contribution in [0.2, 0.25) is 5.02 Å². The number of amides is 1. The van der Waals surface area contributed by atoms with Crippen LogP contribution < -0.4 is 4.90 Å². The highest BCUT2D eigenvalue weighted by Crippen LogP contribution is 2.19. The summed E-state index contributed by atoms with van der Waals surface area (Å²) < 4.78 is 0. The Morgan fingerprint density at radius 1 is 0.957 bits per heavy atom. The van der Waals surface area contributed by atoms with Gasteiger partial charge in [0.2, 0.25) is 5.91 Å². The Labute approximate surface area is 142 Å². The fraction of sp³-hybridized carbons (Fsp3) is 0.316. The van der Waals surface area contributed by atoms with Crippen molar-refractivity contribution in [2.75, 3.05) is 31.1 Å². The van der Waals surface area contributed by atoms with Crippen molar-refractivity contribution in [3.8, 4) is 0 Å². The predicted molar refractivity (Wildman–Crippen MR) is 95.1 cm³/mol. The van der Waals surface area contributed by atoms with Crippen LogP contribution in [0.4, 0.5) is 5.69 Å². The van der Waals surface area contributed by atoms with Crippen molar-refractivity contribution in [3.63, 3.8) is 0 Å². The van der Waals surface area contributed by atoms with Crippen LogP contribution in [0.1, 0.15) is 11.1 Å². The minimum absolute atomic E-state index is 0.213. The zero-order chi connectivity index (χ0) is 16.2. The first-order chi connectivity index (χ1) is 11.1. The van der Waals surface area contributed by atoms with Gasteiger partial charge >= 0.3 is 0 Å². The molecule has 0 atom stereocenters. The number of hydrogen-bond acceptors (Lipinski definition) is 2. The minimum Gasteiger partial charge on any atom is -0.368 e. The number of aryl methyl sites for hydroxylation is 1. The van der Waals surface area contributed by atoms with Crippen LogP contribution in [0.25, 0.3) is 0 Å². The molecule has 2 aromatic rings. The van der Waals surface area contributed by atoms with Crippen LogP contribution in [-0.4, -0.2) is 37.0 Å². The smallest absolute Gasteiger partial charge is 0.227 e. The Kier molecular flexibility index (Phi) is 4.87. The second kappa shape index (κ2) is 7.05. The summed E-state index contributed by atoms with van der Waals surface area (Å²) in [5.41, 5.74) is 3.47. The Morgan fingerprint density at radius 2 is 1.57 bits per heavy atom. The number of carbonyl (C=O) groups excluding carboxylic acids is 1. The highest BCUT2D eigenvalue weighted by atomic mass is 35.5. The number of anilines is 1. The summed E-state index contributed by atoms with van der Waals surface area (Å²) in [6, 6.07) is 16.1. The molecule has 0 radical (unpaired) electrons. The first-order valence-electron chi connectivity index (χ1n) is 7.96. The molecular formula is C19H21ClN2O. The van der Waals surface area contributed by atoms with E-state index in [0.717, 1.165) is 36.8 Å². The van der Waals surface area contributed by atoms with Crippen LogP contribution in [0.3, 0.4) is 0 Å². The Morgan fingerprint density at radius 3 is 2.17 bits per heavy atom. The van der Waals surface area contributed by atoms with Crippen molar-refractivity contribution in [3.05, 3.63) is 64.7 Å². The number of nitrogens with zero attached hydrogens (tertiary/aromatic N) is 2. The highest BCUT2D eigenvalue weighted by molar-refractivity contribution is 6.30. The van der Waals surface area contributed by atoms with Gasteiger partial charge in [-0.2, -0.15) is 0 Å². The van der Waals surface area contributed by atoms with Gasteiger partial charge in [-0.15, -0.1) is 0 Å². The monoisotopic (exact) mass is 328 g/mol. The molecule has 23 heavy (non-hydrogen) atoms. The van der Waals surface area contributed by atoms with E-state index in [9.17, 15) is 4.79 Å². The van der Waals surface area contributed by atoms with Crippen LogP contribution in [0, 0.1) is 6.92 Å². The fourth-order valence-corrected chi connectivity index (χ4v) is 2.98. The van der Waals surface area contributed by atoms with Crippen molar-refractivity contribution in [2.45, 2.75) is 13.3 Å². The number of carbonyl (C=O) groups is 1. The zero-order valence-electron chi connectivity index (χ0n) is 13.3. The maximum atomic E-state index is 12.4. The number of halogens is 1. The van der Waals surface area contributed by atoms with Crippen molar-refractivity contribution in [2.24, 2.45) is 0 Å². The van der Waals surface area contributed by atoms with Gasteiger partial charge in [0, 0.05) is 36.9 Å². The van der Waals surface area contributed by atoms with Gasteiger partial charge in [-0.1, -0.05) is 41.4 Å². The van der Waals surface area contributed by atoms with Crippen LogP contribution >= 0.6 is 11.6 Å². The molecule has 0 aromatic heterocycles. The molecule has 0 unspecified atom stereocenters. The SMILES string of the molecule is Cc1ccc(CC(=O)N2CCN(c3ccc(Cl)cc3)CC2)cc1. The van der Waals surface area contributed by atoms with Gasteiger partial charge in [-0.25, -0.2) is 0 Å². The number of hydrogen-bond donors (Lipinski definition) is 0. The molecule has 0 bridgehead atoms. The maximum Gasteiger partial charge on any atom is 0.227 e. The van der Waals surface area contributed by atoms with Crippen LogP contribution in [0.15, 0.2) is 48.5 Å². The Bertz CT molecular complexity index is 659. The lowest BCUT2D eigenvalue weighted by atomic mass is 10.1. The molecule has 0 N–H and O–H groups in total. The first-order valence-corrected chi connectivity index (χ1v) is 8.33. The summed E-state index contributed by atoms with van der Waals surface area (Å²) in [5.74, 6) is 0.213. The second-order valence-corrected chi connectivity index (χ2v) is 6.44. The molecule has 0 spiro atoms. The molecule has 1 heterocycles. The van der Waals surface area contributed by atoms with Gasteiger partial charge in [0.05, 0.1) is 6.42 Å². The standard InChI is InChI=1S/C19H21ClN2O/c1-15-2-4-16(5-3-15)14-19(23)22-12-10-21(11-13-22)18-8-6-17(20)7-9-18/h2-9H,10-14H2,1H3. The molecule has 1 amide bonds. The third-order valence-electron chi connectivity index (χ3n) is 4.30. The normalized spacial score (nSPS) is 14.9. The molecule has 0 aliphatic carbocycles. The molecular weight excluding hydrogens is 308 g/mol. The maximum absolute atomic E-state index is 12.4. The molecule has 1 fully saturated rings. The zero-order valence-corrected chi connectivity index (χ0v) is 14.1. The molecule has 1 aliphatic heterocycles. The first kappa shape index (κ1) is 15.9. The van der Waals surface area contributed by atoms with Crippen molar-refractivity contribution in [1.29, 1.82) is 0 Å². The largest absolute Gasteiger partial charge is 0.368 e. The van der Waals surface area contributed by atoms with Crippen LogP contribution in [0.5, 0.6) is 0 Å². The quantitative estimate of drug-likeness (QED) is 0.860. The van der Waals surface area contributed by atoms with E-state index in [-0.39, 0.29) is 5.91 Å². The van der Waals surface area contributed by atoms with Gasteiger partial charge in [0.25, 0.3) is 0 Å². The molecule has 2 aromatic carbocycles. The number of piperazine rings is 1. The lowest BCUT2D eigenvalue weighted by molar-refractivity contribution is -0.130. The summed E-state index contributed by atoms with van der Waals surface area (Å²) in [6.45, 7) is 5.32. The van der Waals surface area contributed by atoms with Crippen molar-refractivity contribution >= 4 is 23.2 Å². The summed E-state index contributed by atoms with van der Waals surface area (Å²) in [4.78, 5) is 16.7. The lowest BCUT2D eigenvalue weighted by Gasteiger charge is -2.36. The molecule has 0 saturated carbocycles. The van der Waals surface area contributed by atoms with Crippen molar-refractivity contribution < 1.29 is 4.79 Å². The summed E-state index contributed by atoms with van der Waals surface area (Å²) in [5, 5.41) is 0.751. The van der Waals surface area contributed by atoms with Gasteiger partial charge in [-0.05, 0) is 36.8 Å². The highest BCUT2D eigenvalue weighted by Gasteiger charge is 2.21. The van der Waals surface area contributed by atoms with E-state index < -0.39 is 0 Å². The molecule has 3 nitrogen and oxygen atoms in total. The van der Waals surface area contributed by atoms with E-state index in [2.05, 4.69) is 24.0 Å². The van der Waals surface area contributed by atoms with Gasteiger partial charge in [-0.3, -0.25) is 4.79 Å². The van der Waals surface area contributed by atoms with Gasteiger partial charge in [0.1, 0.15) is 0 Å². The van der Waals surface area contributed by atoms with Gasteiger partial charge < -0.3 is 9.80 Å². The Balaban J connectivity index is 1.54. The molecule has 1 aliphatic rings. The van der Waals surface area contributed by atoms with E-state index >= 15 is 0 Å². The van der Waals surface area contributed by atoms with Crippen molar-refractivity contribution in [1.82, 2.24) is 4.90 Å². The summed E-state index contributed by atoms with van der Waals surface area (Å²) >= 11 is 5.93. The summed E-state index contributed by atoms with van der Waals surface area (Å²) in [7, 11) is 0. The van der Waals surface area contributed by atoms with Gasteiger partial charge in [0.15, 0.2) is 0 Å². The van der Waals surface area contributed by atoms with E-state index in [1.165, 1.54) is 11.3 Å². The second-order valence-electron chi connectivity index (χ2n) is 6.01. The molecule has 1 saturated heterocycles. The molecule has 3 rings (SSSR count). The average Bonchev–Trinajstić information content (AvgIpc) is 2.58. The fourth-order valence-electron chi connectivity index (χ4n) is 2.86. The molecule has 120 valence electrons. The lowest BCUT2D eigenvalue weighted by Crippen LogP contribution is -2.49. The third-order valence-corrected chi connectivity index (χ3v) is 4.55. The number of benzene rings is 2. The predicted octanol–water partition coefficient (Wildman–Crippen LogP) is 3.54. The topological polar surface area (TPSA) is 23.6 Å². The third kappa shape index (κ3) is 4.05. The van der Waals surface area contributed by atoms with E-state index in [4.69, 9.17) is 11.6 Å². The van der Waals surface area contributed by atoms with E-state index in [1.807, 2.05) is 41.3 Å². The minimum atomic E-state index is 0.213. The molecule has 4 heteroatoms. The van der Waals surface area contributed by atoms with Crippen LogP contribution in [-0.2, 0) is 11.2 Å².